The molecule has 0 unspecified atom stereocenters. The highest BCUT2D eigenvalue weighted by atomic mass is 16.8. The van der Waals surface area contributed by atoms with Crippen LogP contribution in [0.4, 0.5) is 0 Å². The molecule has 1 aliphatic heterocycles. The first kappa shape index (κ1) is 3.89. The molecule has 0 saturated heterocycles. The van der Waals surface area contributed by atoms with Gasteiger partial charge in [-0.15, -0.1) is 0 Å². The summed E-state index contributed by atoms with van der Waals surface area (Å²) >= 11 is 0. The number of hydrogen-bond acceptors (Lipinski definition) is 4. The van der Waals surface area contributed by atoms with Crippen molar-refractivity contribution < 1.29 is 9.73 Å². The lowest BCUT2D eigenvalue weighted by Gasteiger charge is -1.82. The highest BCUT2D eigenvalue weighted by molar-refractivity contribution is 5.88. The average molecular weight is 97.1 g/mol. The quantitative estimate of drug-likeness (QED) is 0.398. The van der Waals surface area contributed by atoms with Gasteiger partial charge in [0.2, 0.25) is 0 Å². The minimum absolute atomic E-state index is 0.0972. The van der Waals surface area contributed by atoms with E-state index < -0.39 is 0 Å². The van der Waals surface area contributed by atoms with Crippen molar-refractivity contribution in [1.82, 2.24) is 5.48 Å². The van der Waals surface area contributed by atoms with Crippen LogP contribution in [-0.2, 0) is 9.73 Å². The molecule has 4 nitrogen and oxygen atoms in total. The molecule has 0 aromatic heterocycles. The van der Waals surface area contributed by atoms with Gasteiger partial charge >= 0.3 is 0 Å². The number of rotatable bonds is 0. The Morgan fingerprint density at radius 1 is 2.00 bits per heavy atom. The van der Waals surface area contributed by atoms with E-state index in [2.05, 4.69) is 21.8 Å². The van der Waals surface area contributed by atoms with Crippen molar-refractivity contribution in [3.05, 3.63) is 5.70 Å². The van der Waals surface area contributed by atoms with Crippen molar-refractivity contribution in [3.63, 3.8) is 0 Å². The Balaban J connectivity index is 2.77. The first-order chi connectivity index (χ1) is 3.43. The minimum Gasteiger partial charge on any atom is -0.269 e. The summed E-state index contributed by atoms with van der Waals surface area (Å²) in [5.74, 6) is 1.49. The molecule has 0 saturated carbocycles. The molecule has 0 aliphatic carbocycles. The van der Waals surface area contributed by atoms with Crippen molar-refractivity contribution in [1.29, 1.82) is 0 Å². The summed E-state index contributed by atoms with van der Waals surface area (Å²) < 4.78 is 0. The number of carbonyl (C=O) groups excluding carboxylic acids is 1. The van der Waals surface area contributed by atoms with E-state index in [1.54, 1.807) is 0 Å². The second-order valence-electron chi connectivity index (χ2n) is 0.874. The molecule has 1 heterocycles. The van der Waals surface area contributed by atoms with Gasteiger partial charge in [0.05, 0.1) is 0 Å². The van der Waals surface area contributed by atoms with Gasteiger partial charge in [-0.3, -0.25) is 4.94 Å². The zero-order valence-corrected chi connectivity index (χ0v) is 3.26. The van der Waals surface area contributed by atoms with Crippen LogP contribution in [0, 0.1) is 0 Å². The summed E-state index contributed by atoms with van der Waals surface area (Å²) in [6.07, 6.45) is 2.19. The maximum absolute atomic E-state index is 9.58. The molecule has 7 heavy (non-hydrogen) atoms. The van der Waals surface area contributed by atoms with Crippen LogP contribution in [0.1, 0.15) is 0 Å². The fourth-order valence-electron chi connectivity index (χ4n) is 0.203. The largest absolute Gasteiger partial charge is 0.269 e. The van der Waals surface area contributed by atoms with Gasteiger partial charge < -0.3 is 0 Å². The zero-order chi connectivity index (χ0) is 5.11. The standard InChI is InChI=1S/C3HN2O2/c6-2-3-1-4-7-5-3/h5H. The van der Waals surface area contributed by atoms with Crippen molar-refractivity contribution in [3.8, 4) is 0 Å². The molecule has 35 valence electrons. The third kappa shape index (κ3) is 0.586. The second kappa shape index (κ2) is 1.45. The summed E-state index contributed by atoms with van der Waals surface area (Å²) in [5.41, 5.74) is 2.22. The van der Waals surface area contributed by atoms with Crippen LogP contribution in [0.5, 0.6) is 0 Å². The lowest BCUT2D eigenvalue weighted by atomic mass is 10.6. The smallest absolute Gasteiger partial charge is 0.189 e. The fraction of sp³-hybridized carbons (Fsp3) is 0. The summed E-state index contributed by atoms with van der Waals surface area (Å²) in [7, 11) is 0. The number of nitrogens with one attached hydrogen (secondary N) is 1. The predicted octanol–water partition coefficient (Wildman–Crippen LogP) is -0.901. The Morgan fingerprint density at radius 2 is 2.86 bits per heavy atom. The molecule has 1 radical (unpaired) electrons. The first-order valence-electron chi connectivity index (χ1n) is 1.56. The molecule has 1 N–H and O–H groups in total. The monoisotopic (exact) mass is 97.0 g/mol. The van der Waals surface area contributed by atoms with Gasteiger partial charge in [0.25, 0.3) is 0 Å². The van der Waals surface area contributed by atoms with E-state index in [0.717, 1.165) is 0 Å². The molecule has 0 aromatic carbocycles. The molecule has 0 bridgehead atoms. The molecular formula is C3HN2O2. The van der Waals surface area contributed by atoms with Crippen LogP contribution < -0.4 is 5.48 Å². The third-order valence-corrected chi connectivity index (χ3v) is 0.453. The molecule has 1 rings (SSSR count). The van der Waals surface area contributed by atoms with Gasteiger partial charge in [-0.05, 0) is 5.16 Å². The SMILES string of the molecule is O=C=C1[C]=NON1. The zero-order valence-electron chi connectivity index (χ0n) is 3.26. The number of hydrogen-bond donors (Lipinski definition) is 1. The summed E-state index contributed by atoms with van der Waals surface area (Å²) in [6, 6.07) is 0. The molecule has 0 atom stereocenters. The van der Waals surface area contributed by atoms with Crippen LogP contribution in [0.2, 0.25) is 0 Å². The number of allylic oxidation sites excluding steroid dienone is 1. The van der Waals surface area contributed by atoms with Crippen LogP contribution in [0.15, 0.2) is 10.9 Å². The maximum Gasteiger partial charge on any atom is 0.189 e. The van der Waals surface area contributed by atoms with E-state index in [1.165, 1.54) is 5.94 Å². The van der Waals surface area contributed by atoms with Crippen molar-refractivity contribution >= 4 is 12.2 Å². The second-order valence-corrected chi connectivity index (χ2v) is 0.874. The Morgan fingerprint density at radius 3 is 3.14 bits per heavy atom. The van der Waals surface area contributed by atoms with E-state index >= 15 is 0 Å². The average Bonchev–Trinajstić information content (AvgIpc) is 2.14. The van der Waals surface area contributed by atoms with Gasteiger partial charge in [0, 0.05) is 0 Å². The molecule has 4 heteroatoms. The van der Waals surface area contributed by atoms with Crippen molar-refractivity contribution in [2.45, 2.75) is 0 Å². The summed E-state index contributed by atoms with van der Waals surface area (Å²) in [6.45, 7) is 0. The Kier molecular flexibility index (Phi) is 0.805. The molecule has 0 fully saturated rings. The Labute approximate surface area is 39.4 Å². The van der Waals surface area contributed by atoms with E-state index in [4.69, 9.17) is 0 Å². The fourth-order valence-corrected chi connectivity index (χ4v) is 0.203. The van der Waals surface area contributed by atoms with Gasteiger partial charge in [-0.25, -0.2) is 4.79 Å². The van der Waals surface area contributed by atoms with Crippen LogP contribution >= 0.6 is 0 Å². The lowest BCUT2D eigenvalue weighted by Crippen LogP contribution is -2.03. The van der Waals surface area contributed by atoms with Crippen LogP contribution in [0.3, 0.4) is 0 Å². The lowest BCUT2D eigenvalue weighted by molar-refractivity contribution is 0.0914. The highest BCUT2D eigenvalue weighted by Gasteiger charge is 1.99. The Hall–Kier alpha value is -1.28. The van der Waals surface area contributed by atoms with E-state index in [0.29, 0.717) is 0 Å². The topological polar surface area (TPSA) is 50.7 Å². The van der Waals surface area contributed by atoms with Crippen LogP contribution in [0.25, 0.3) is 0 Å². The van der Waals surface area contributed by atoms with Gasteiger partial charge in [-0.2, -0.15) is 5.48 Å². The van der Waals surface area contributed by atoms with Crippen molar-refractivity contribution in [2.75, 3.05) is 0 Å². The van der Waals surface area contributed by atoms with Crippen LogP contribution in [-0.4, -0.2) is 12.2 Å². The minimum atomic E-state index is 0.0972. The van der Waals surface area contributed by atoms with Gasteiger partial charge in [-0.1, -0.05) is 0 Å². The molecule has 0 spiro atoms. The molecule has 0 amide bonds. The summed E-state index contributed by atoms with van der Waals surface area (Å²) in [5, 5.41) is 3.07. The Bertz CT molecular complexity index is 145. The maximum atomic E-state index is 9.58. The van der Waals surface area contributed by atoms with E-state index in [1.807, 2.05) is 0 Å². The highest BCUT2D eigenvalue weighted by Crippen LogP contribution is 1.85. The first-order valence-corrected chi connectivity index (χ1v) is 1.56. The number of hydroxylamine groups is 1. The van der Waals surface area contributed by atoms with Gasteiger partial charge in [0.15, 0.2) is 17.9 Å². The van der Waals surface area contributed by atoms with Crippen molar-refractivity contribution in [2.24, 2.45) is 5.16 Å². The van der Waals surface area contributed by atoms with E-state index in [-0.39, 0.29) is 5.70 Å². The van der Waals surface area contributed by atoms with Gasteiger partial charge in [0.1, 0.15) is 0 Å². The third-order valence-electron chi connectivity index (χ3n) is 0.453. The molecule has 1 aliphatic rings. The summed E-state index contributed by atoms with van der Waals surface area (Å²) in [4.78, 5) is 13.7. The predicted molar refractivity (Wildman–Crippen MR) is 20.9 cm³/mol. The molecular weight excluding hydrogens is 96.0 g/mol. The molecule has 0 aromatic rings. The number of nitrogens with zero attached hydrogens (tertiary/aromatic N) is 1. The van der Waals surface area contributed by atoms with E-state index in [9.17, 15) is 4.79 Å². The normalized spacial score (nSPS) is 15.1.